The summed E-state index contributed by atoms with van der Waals surface area (Å²) in [6.07, 6.45) is -19.5. The van der Waals surface area contributed by atoms with Crippen molar-refractivity contribution in [3.8, 4) is 0 Å². The fourth-order valence-corrected chi connectivity index (χ4v) is 5.93. The molecule has 0 amide bonds. The Labute approximate surface area is 208 Å². The Hall–Kier alpha value is 0.350. The summed E-state index contributed by atoms with van der Waals surface area (Å²) < 4.78 is 16.4. The summed E-state index contributed by atoms with van der Waals surface area (Å²) in [6, 6.07) is 0. The van der Waals surface area contributed by atoms with Gasteiger partial charge in [-0.05, 0) is 0 Å². The second kappa shape index (κ2) is 10.3. The van der Waals surface area contributed by atoms with Crippen LogP contribution in [0.3, 0.4) is 0 Å². The smallest absolute Gasteiger partial charge is 0.231 e. The molecule has 0 aromatic carbocycles. The van der Waals surface area contributed by atoms with Crippen molar-refractivity contribution in [2.45, 2.75) is 83.4 Å². The number of rotatable bonds is 6. The molecule has 0 spiro atoms. The maximum Gasteiger partial charge on any atom is 0.231 e. The van der Waals surface area contributed by atoms with Crippen LogP contribution in [0.5, 0.6) is 0 Å². The maximum absolute atomic E-state index is 11.9. The van der Waals surface area contributed by atoms with Crippen molar-refractivity contribution >= 4 is 34.8 Å². The van der Waals surface area contributed by atoms with Crippen LogP contribution >= 0.6 is 34.8 Å². The Bertz CT molecular complexity index is 723. The van der Waals surface area contributed by atoms with Crippen LogP contribution < -0.4 is 0 Å². The van der Waals surface area contributed by atoms with E-state index >= 15 is 0 Å². The molecule has 13 nitrogen and oxygen atoms in total. The fourth-order valence-electron chi connectivity index (χ4n) is 4.97. The zero-order valence-electron chi connectivity index (χ0n) is 17.5. The first kappa shape index (κ1) is 28.9. The highest BCUT2D eigenvalue weighted by atomic mass is 35.5. The summed E-state index contributed by atoms with van der Waals surface area (Å²) in [5.74, 6) is -4.80. The second-order valence-electron chi connectivity index (χ2n) is 8.71. The first-order valence-electron chi connectivity index (χ1n) is 10.3. The first-order valence-corrected chi connectivity index (χ1v) is 11.8. The van der Waals surface area contributed by atoms with Gasteiger partial charge in [-0.25, -0.2) is 0 Å². The predicted octanol–water partition coefficient (Wildman–Crippen LogP) is -5.06. The Kier molecular flexibility index (Phi) is 8.72. The number of alkyl halides is 3. The monoisotopic (exact) mass is 558 g/mol. The van der Waals surface area contributed by atoms with Crippen LogP contribution in [0.1, 0.15) is 0 Å². The Morgan fingerprint density at radius 3 is 1.74 bits per heavy atom. The zero-order valence-corrected chi connectivity index (χ0v) is 19.8. The molecular weight excluding hydrogens is 531 g/mol. The van der Waals surface area contributed by atoms with Crippen LogP contribution in [0.2, 0.25) is 0 Å². The van der Waals surface area contributed by atoms with E-state index < -0.39 is 108 Å². The molecule has 200 valence electrons. The van der Waals surface area contributed by atoms with Crippen LogP contribution in [-0.2, 0) is 14.2 Å². The lowest BCUT2D eigenvalue weighted by atomic mass is 9.64. The van der Waals surface area contributed by atoms with Gasteiger partial charge in [-0.3, -0.25) is 0 Å². The molecule has 3 saturated heterocycles. The van der Waals surface area contributed by atoms with E-state index in [1.54, 1.807) is 0 Å². The van der Waals surface area contributed by atoms with Crippen LogP contribution in [0.4, 0.5) is 0 Å². The molecule has 0 bridgehead atoms. The van der Waals surface area contributed by atoms with Crippen molar-refractivity contribution in [1.82, 2.24) is 0 Å². The van der Waals surface area contributed by atoms with E-state index in [0.29, 0.717) is 0 Å². The molecule has 0 aromatic heterocycles. The lowest BCUT2D eigenvalue weighted by molar-refractivity contribution is -0.459. The molecule has 16 heteroatoms. The standard InChI is InChI=1S/C18H29Cl3O13/c19-1-5-9(24)13(28)16(4-20,33-5)17(30)14(29)10(25)7(3-23)34-18(17,31)15-12(27)11(26)8(21)6(2-22)32-15/h5-15,22-31H,1-4H2/t5-,6-,7-,8+,9-,10+,11+,12-,13+,14+,15+,16-,17+,18-/m1/s1. The topological polar surface area (TPSA) is 230 Å². The van der Waals surface area contributed by atoms with E-state index in [4.69, 9.17) is 49.0 Å². The Balaban J connectivity index is 2.23. The first-order chi connectivity index (χ1) is 15.8. The quantitative estimate of drug-likeness (QED) is 0.138. The van der Waals surface area contributed by atoms with Gasteiger partial charge in [0.1, 0.15) is 66.6 Å². The molecule has 3 aliphatic heterocycles. The van der Waals surface area contributed by atoms with Gasteiger partial charge in [0.15, 0.2) is 5.60 Å². The van der Waals surface area contributed by atoms with Crippen molar-refractivity contribution in [1.29, 1.82) is 0 Å². The van der Waals surface area contributed by atoms with Crippen molar-refractivity contribution in [3.63, 3.8) is 0 Å². The third kappa shape index (κ3) is 3.81. The number of aliphatic hydroxyl groups excluding tert-OH is 8. The van der Waals surface area contributed by atoms with Crippen LogP contribution in [0, 0.1) is 0 Å². The van der Waals surface area contributed by atoms with E-state index in [-0.39, 0.29) is 0 Å². The summed E-state index contributed by atoms with van der Waals surface area (Å²) in [5, 5.41) is 105. The minimum absolute atomic E-state index is 0.439. The summed E-state index contributed by atoms with van der Waals surface area (Å²) >= 11 is 17.8. The number of aliphatic hydroxyl groups is 10. The molecule has 0 radical (unpaired) electrons. The van der Waals surface area contributed by atoms with E-state index in [0.717, 1.165) is 0 Å². The van der Waals surface area contributed by atoms with Crippen LogP contribution in [0.15, 0.2) is 0 Å². The molecule has 3 rings (SSSR count). The molecule has 3 aliphatic rings. The summed E-state index contributed by atoms with van der Waals surface area (Å²) in [7, 11) is 0. The third-order valence-corrected chi connectivity index (χ3v) is 8.20. The molecule has 10 N–H and O–H groups in total. The number of hydrogen-bond donors (Lipinski definition) is 10. The van der Waals surface area contributed by atoms with Gasteiger partial charge >= 0.3 is 0 Å². The lowest BCUT2D eigenvalue weighted by Gasteiger charge is -2.62. The Morgan fingerprint density at radius 2 is 1.26 bits per heavy atom. The van der Waals surface area contributed by atoms with Gasteiger partial charge in [-0.2, -0.15) is 0 Å². The molecule has 0 aromatic rings. The van der Waals surface area contributed by atoms with Crippen molar-refractivity contribution < 1.29 is 65.3 Å². The van der Waals surface area contributed by atoms with Crippen molar-refractivity contribution in [2.75, 3.05) is 25.0 Å². The van der Waals surface area contributed by atoms with Gasteiger partial charge in [-0.1, -0.05) is 0 Å². The minimum atomic E-state index is -3.42. The van der Waals surface area contributed by atoms with E-state index in [2.05, 4.69) is 0 Å². The normalized spacial score (nSPS) is 56.6. The van der Waals surface area contributed by atoms with Crippen LogP contribution in [0.25, 0.3) is 0 Å². The Morgan fingerprint density at radius 1 is 0.706 bits per heavy atom. The zero-order chi connectivity index (χ0) is 25.8. The van der Waals surface area contributed by atoms with E-state index in [1.165, 1.54) is 0 Å². The fraction of sp³-hybridized carbons (Fsp3) is 1.00. The van der Waals surface area contributed by atoms with Crippen molar-refractivity contribution in [2.24, 2.45) is 0 Å². The number of ether oxygens (including phenoxy) is 3. The molecule has 0 saturated carbocycles. The van der Waals surface area contributed by atoms with E-state index in [1.807, 2.05) is 0 Å². The van der Waals surface area contributed by atoms with Gasteiger partial charge in [0.05, 0.1) is 30.4 Å². The molecule has 0 unspecified atom stereocenters. The molecule has 3 fully saturated rings. The summed E-state index contributed by atoms with van der Waals surface area (Å²) in [4.78, 5) is 0. The van der Waals surface area contributed by atoms with Crippen LogP contribution in [-0.4, -0.2) is 159 Å². The number of hydrogen-bond acceptors (Lipinski definition) is 13. The predicted molar refractivity (Wildman–Crippen MR) is 112 cm³/mol. The lowest BCUT2D eigenvalue weighted by Crippen LogP contribution is -2.87. The van der Waals surface area contributed by atoms with Gasteiger partial charge in [0.2, 0.25) is 5.79 Å². The van der Waals surface area contributed by atoms with E-state index in [9.17, 15) is 51.1 Å². The highest BCUT2D eigenvalue weighted by Crippen LogP contribution is 2.54. The largest absolute Gasteiger partial charge is 0.394 e. The highest BCUT2D eigenvalue weighted by Gasteiger charge is 2.80. The van der Waals surface area contributed by atoms with Gasteiger partial charge in [0, 0.05) is 0 Å². The van der Waals surface area contributed by atoms with Gasteiger partial charge in [-0.15, -0.1) is 34.8 Å². The average molecular weight is 560 g/mol. The molecule has 0 aliphatic carbocycles. The SMILES string of the molecule is OC[C@H]1O[C@](O)([C@H]2O[C@H](CO)[C@H](Cl)[C@H](O)[C@H]2O)[C@@](O)([C@]2(CCl)O[C@H](CCl)[C@@H](O)[C@@H]2O)[C@@H](O)[C@H]1O. The summed E-state index contributed by atoms with van der Waals surface area (Å²) in [6.45, 7) is -1.85. The van der Waals surface area contributed by atoms with Gasteiger partial charge in [0.25, 0.3) is 0 Å². The molecular formula is C18H29Cl3O13. The molecule has 34 heavy (non-hydrogen) atoms. The third-order valence-electron chi connectivity index (χ3n) is 6.96. The average Bonchev–Trinajstić information content (AvgIpc) is 3.09. The second-order valence-corrected chi connectivity index (χ2v) is 9.79. The minimum Gasteiger partial charge on any atom is -0.394 e. The maximum atomic E-state index is 11.9. The highest BCUT2D eigenvalue weighted by molar-refractivity contribution is 6.21. The number of halogens is 3. The molecule has 14 atom stereocenters. The summed E-state index contributed by atoms with van der Waals surface area (Å²) in [5.41, 5.74) is -6.14. The van der Waals surface area contributed by atoms with Crippen molar-refractivity contribution in [3.05, 3.63) is 0 Å². The molecule has 3 heterocycles. The van der Waals surface area contributed by atoms with Gasteiger partial charge < -0.3 is 65.3 Å².